The Kier molecular flexibility index (Phi) is 7.21. The first kappa shape index (κ1) is 22.7. The highest BCUT2D eigenvalue weighted by molar-refractivity contribution is 7.89. The van der Waals surface area contributed by atoms with Crippen molar-refractivity contribution in [1.82, 2.24) is 19.9 Å². The second kappa shape index (κ2) is 9.86. The Morgan fingerprint density at radius 3 is 2.58 bits per heavy atom. The van der Waals surface area contributed by atoms with Gasteiger partial charge in [0.1, 0.15) is 12.0 Å². The van der Waals surface area contributed by atoms with Gasteiger partial charge in [0.15, 0.2) is 0 Å². The molecule has 2 amide bonds. The lowest BCUT2D eigenvalue weighted by molar-refractivity contribution is -0.139. The lowest BCUT2D eigenvalue weighted by atomic mass is 10.2. The molecule has 10 nitrogen and oxygen atoms in total. The van der Waals surface area contributed by atoms with Gasteiger partial charge < -0.3 is 20.1 Å². The standard InChI is InChI=1S/C20H24N4O6S/c1-14-11-16(3-4-17(14)29-2)31(27,28)24-9-10-30-18(24)13-23-20(26)19(25)22-12-15-5-7-21-8-6-15/h3-8,11,18H,9-10,12-13H2,1-2H3,(H,22,25)(H,23,26)/t18-/m0/s1. The largest absolute Gasteiger partial charge is 0.496 e. The summed E-state index contributed by atoms with van der Waals surface area (Å²) in [6, 6.07) is 8.00. The molecule has 1 aliphatic rings. The number of benzene rings is 1. The number of carbonyl (C=O) groups excluding carboxylic acids is 2. The van der Waals surface area contributed by atoms with Crippen molar-refractivity contribution in [2.75, 3.05) is 26.8 Å². The zero-order valence-electron chi connectivity index (χ0n) is 17.2. The van der Waals surface area contributed by atoms with Crippen LogP contribution in [-0.2, 0) is 30.9 Å². The Bertz CT molecular complexity index is 1040. The minimum atomic E-state index is -3.85. The predicted octanol–water partition coefficient (Wildman–Crippen LogP) is 0.178. The summed E-state index contributed by atoms with van der Waals surface area (Å²) in [4.78, 5) is 28.1. The summed E-state index contributed by atoms with van der Waals surface area (Å²) in [7, 11) is -2.34. The number of aromatic nitrogens is 1. The van der Waals surface area contributed by atoms with Crippen LogP contribution in [0.4, 0.5) is 0 Å². The molecular formula is C20H24N4O6S. The molecule has 0 unspecified atom stereocenters. The van der Waals surface area contributed by atoms with Gasteiger partial charge in [0.2, 0.25) is 10.0 Å². The molecule has 0 saturated carbocycles. The average Bonchev–Trinajstić information content (AvgIpc) is 3.26. The van der Waals surface area contributed by atoms with E-state index < -0.39 is 28.1 Å². The third kappa shape index (κ3) is 5.37. The maximum Gasteiger partial charge on any atom is 0.309 e. The van der Waals surface area contributed by atoms with Crippen LogP contribution in [-0.4, -0.2) is 62.6 Å². The molecule has 1 aromatic heterocycles. The Balaban J connectivity index is 1.59. The van der Waals surface area contributed by atoms with Crippen LogP contribution in [0, 0.1) is 6.92 Å². The molecule has 31 heavy (non-hydrogen) atoms. The summed E-state index contributed by atoms with van der Waals surface area (Å²) in [5.74, 6) is -1.12. The van der Waals surface area contributed by atoms with Crippen molar-refractivity contribution in [3.63, 3.8) is 0 Å². The van der Waals surface area contributed by atoms with E-state index in [1.165, 1.54) is 23.5 Å². The summed E-state index contributed by atoms with van der Waals surface area (Å²) in [6.45, 7) is 2.09. The molecule has 1 saturated heterocycles. The fourth-order valence-electron chi connectivity index (χ4n) is 3.11. The van der Waals surface area contributed by atoms with Gasteiger partial charge in [-0.2, -0.15) is 4.31 Å². The molecule has 2 N–H and O–H groups in total. The number of ether oxygens (including phenoxy) is 2. The zero-order chi connectivity index (χ0) is 22.4. The topological polar surface area (TPSA) is 127 Å². The Morgan fingerprint density at radius 2 is 1.90 bits per heavy atom. The second-order valence-corrected chi connectivity index (χ2v) is 8.71. The average molecular weight is 449 g/mol. The number of aryl methyl sites for hydroxylation is 1. The SMILES string of the molecule is COc1ccc(S(=O)(=O)N2CCO[C@H]2CNC(=O)C(=O)NCc2ccncc2)cc1C. The van der Waals surface area contributed by atoms with Crippen molar-refractivity contribution in [2.45, 2.75) is 24.6 Å². The minimum absolute atomic E-state index is 0.0997. The maximum atomic E-state index is 13.0. The fourth-order valence-corrected chi connectivity index (χ4v) is 4.71. The first-order chi connectivity index (χ1) is 14.8. The highest BCUT2D eigenvalue weighted by atomic mass is 32.2. The first-order valence-electron chi connectivity index (χ1n) is 9.56. The van der Waals surface area contributed by atoms with Crippen molar-refractivity contribution in [2.24, 2.45) is 0 Å². The van der Waals surface area contributed by atoms with Crippen molar-refractivity contribution >= 4 is 21.8 Å². The molecule has 0 bridgehead atoms. The summed E-state index contributed by atoms with van der Waals surface area (Å²) in [5, 5.41) is 4.92. The van der Waals surface area contributed by atoms with Gasteiger partial charge in [0.05, 0.1) is 25.2 Å². The van der Waals surface area contributed by atoms with E-state index in [-0.39, 0.29) is 31.1 Å². The van der Waals surface area contributed by atoms with Crippen LogP contribution in [0.15, 0.2) is 47.6 Å². The van der Waals surface area contributed by atoms with E-state index in [2.05, 4.69) is 15.6 Å². The van der Waals surface area contributed by atoms with Gasteiger partial charge in [-0.25, -0.2) is 8.42 Å². The molecule has 0 aliphatic carbocycles. The van der Waals surface area contributed by atoms with Crippen molar-refractivity contribution in [3.8, 4) is 5.75 Å². The molecule has 1 atom stereocenters. The van der Waals surface area contributed by atoms with Gasteiger partial charge in [-0.05, 0) is 48.4 Å². The number of sulfonamides is 1. The molecule has 166 valence electrons. The van der Waals surface area contributed by atoms with Crippen LogP contribution < -0.4 is 15.4 Å². The van der Waals surface area contributed by atoms with Gasteiger partial charge in [0, 0.05) is 25.5 Å². The monoisotopic (exact) mass is 448 g/mol. The van der Waals surface area contributed by atoms with Gasteiger partial charge in [-0.15, -0.1) is 0 Å². The van der Waals surface area contributed by atoms with Gasteiger partial charge in [-0.3, -0.25) is 14.6 Å². The number of hydrogen-bond donors (Lipinski definition) is 2. The zero-order valence-corrected chi connectivity index (χ0v) is 18.0. The molecule has 3 rings (SSSR count). The molecule has 1 fully saturated rings. The van der Waals surface area contributed by atoms with E-state index in [4.69, 9.17) is 9.47 Å². The van der Waals surface area contributed by atoms with Crippen LogP contribution in [0.1, 0.15) is 11.1 Å². The predicted molar refractivity (Wildman–Crippen MR) is 110 cm³/mol. The summed E-state index contributed by atoms with van der Waals surface area (Å²) < 4.78 is 37.9. The lowest BCUT2D eigenvalue weighted by Gasteiger charge is -2.23. The van der Waals surface area contributed by atoms with Crippen molar-refractivity contribution < 1.29 is 27.5 Å². The number of nitrogens with zero attached hydrogens (tertiary/aromatic N) is 2. The number of amides is 2. The third-order valence-corrected chi connectivity index (χ3v) is 6.65. The molecule has 1 aromatic carbocycles. The third-order valence-electron chi connectivity index (χ3n) is 4.76. The molecular weight excluding hydrogens is 424 g/mol. The second-order valence-electron chi connectivity index (χ2n) is 6.82. The highest BCUT2D eigenvalue weighted by Crippen LogP contribution is 2.26. The number of methoxy groups -OCH3 is 1. The van der Waals surface area contributed by atoms with Gasteiger partial charge in [-0.1, -0.05) is 0 Å². The summed E-state index contributed by atoms with van der Waals surface area (Å²) in [6.07, 6.45) is 2.25. The van der Waals surface area contributed by atoms with E-state index in [1.54, 1.807) is 37.5 Å². The summed E-state index contributed by atoms with van der Waals surface area (Å²) in [5.41, 5.74) is 1.47. The maximum absolute atomic E-state index is 13.0. The van der Waals surface area contributed by atoms with Crippen LogP contribution in [0.3, 0.4) is 0 Å². The Labute approximate surface area is 180 Å². The quantitative estimate of drug-likeness (QED) is 0.579. The molecule has 0 radical (unpaired) electrons. The van der Waals surface area contributed by atoms with Gasteiger partial charge in [0.25, 0.3) is 0 Å². The molecule has 2 aromatic rings. The van der Waals surface area contributed by atoms with Crippen LogP contribution in [0.25, 0.3) is 0 Å². The van der Waals surface area contributed by atoms with E-state index in [0.29, 0.717) is 11.3 Å². The normalized spacial score (nSPS) is 16.6. The van der Waals surface area contributed by atoms with Crippen LogP contribution in [0.5, 0.6) is 5.75 Å². The number of carbonyl (C=O) groups is 2. The number of hydrogen-bond acceptors (Lipinski definition) is 7. The molecule has 1 aliphatic heterocycles. The highest BCUT2D eigenvalue weighted by Gasteiger charge is 2.37. The van der Waals surface area contributed by atoms with Crippen molar-refractivity contribution in [1.29, 1.82) is 0 Å². The number of pyridine rings is 1. The van der Waals surface area contributed by atoms with Crippen molar-refractivity contribution in [3.05, 3.63) is 53.9 Å². The first-order valence-corrected chi connectivity index (χ1v) is 11.0. The Morgan fingerprint density at radius 1 is 1.19 bits per heavy atom. The lowest BCUT2D eigenvalue weighted by Crippen LogP contribution is -2.47. The van der Waals surface area contributed by atoms with Crippen LogP contribution >= 0.6 is 0 Å². The van der Waals surface area contributed by atoms with E-state index in [1.807, 2.05) is 0 Å². The van der Waals surface area contributed by atoms with Crippen LogP contribution in [0.2, 0.25) is 0 Å². The fraction of sp³-hybridized carbons (Fsp3) is 0.350. The summed E-state index contributed by atoms with van der Waals surface area (Å²) >= 11 is 0. The van der Waals surface area contributed by atoms with Gasteiger partial charge >= 0.3 is 11.8 Å². The smallest absolute Gasteiger partial charge is 0.309 e. The van der Waals surface area contributed by atoms with E-state index in [0.717, 1.165) is 5.56 Å². The number of rotatable bonds is 7. The minimum Gasteiger partial charge on any atom is -0.496 e. The Hall–Kier alpha value is -3.02. The molecule has 0 spiro atoms. The molecule has 11 heteroatoms. The molecule has 2 heterocycles. The van der Waals surface area contributed by atoms with E-state index in [9.17, 15) is 18.0 Å². The number of nitrogens with one attached hydrogen (secondary N) is 2. The van der Waals surface area contributed by atoms with E-state index >= 15 is 0 Å².